The summed E-state index contributed by atoms with van der Waals surface area (Å²) in [5, 5.41) is 9.39. The summed E-state index contributed by atoms with van der Waals surface area (Å²) >= 11 is 2.94. The van der Waals surface area contributed by atoms with Gasteiger partial charge in [0.1, 0.15) is 5.60 Å². The van der Waals surface area contributed by atoms with E-state index < -0.39 is 24.0 Å². The highest BCUT2D eigenvalue weighted by molar-refractivity contribution is 9.12. The maximum Gasteiger partial charge on any atom is 0.443 e. The van der Waals surface area contributed by atoms with Crippen molar-refractivity contribution < 1.29 is 27.8 Å². The minimum absolute atomic E-state index is 0.0398. The summed E-state index contributed by atoms with van der Waals surface area (Å²) in [5.41, 5.74) is -1.36. The van der Waals surface area contributed by atoms with Gasteiger partial charge in [0.25, 0.3) is 5.79 Å². The van der Waals surface area contributed by atoms with Gasteiger partial charge in [0.15, 0.2) is 5.78 Å². The second-order valence-electron chi connectivity index (χ2n) is 4.03. The van der Waals surface area contributed by atoms with E-state index in [1.54, 1.807) is 0 Å². The zero-order valence-corrected chi connectivity index (χ0v) is 10.0. The first-order chi connectivity index (χ1) is 7.68. The van der Waals surface area contributed by atoms with Gasteiger partial charge in [-0.3, -0.25) is 4.79 Å². The normalized spacial score (nSPS) is 37.7. The minimum atomic E-state index is -4.86. The van der Waals surface area contributed by atoms with Crippen molar-refractivity contribution in [2.45, 2.75) is 30.4 Å². The topological polar surface area (TPSA) is 46.5 Å². The highest BCUT2D eigenvalue weighted by Gasteiger charge is 2.62. The molecule has 1 heterocycles. The van der Waals surface area contributed by atoms with Gasteiger partial charge in [-0.1, -0.05) is 0 Å². The van der Waals surface area contributed by atoms with Crippen LogP contribution in [-0.2, 0) is 9.53 Å². The number of ketones is 1. The number of aliphatic hydroxyl groups is 1. The molecule has 1 N–H and O–H groups in total. The number of hydrogen-bond donors (Lipinski definition) is 1. The number of carbonyl (C=O) groups excluding carboxylic acids is 1. The quantitative estimate of drug-likeness (QED) is 0.746. The highest BCUT2D eigenvalue weighted by Crippen LogP contribution is 2.48. The lowest BCUT2D eigenvalue weighted by Gasteiger charge is -2.30. The lowest BCUT2D eigenvalue weighted by molar-refractivity contribution is -0.360. The molecule has 94 valence electrons. The second-order valence-corrected chi connectivity index (χ2v) is 4.88. The molecule has 17 heavy (non-hydrogen) atoms. The average Bonchev–Trinajstić information content (AvgIpc) is 2.52. The van der Waals surface area contributed by atoms with Crippen LogP contribution in [0, 0.1) is 0 Å². The molecule has 1 aliphatic heterocycles. The highest BCUT2D eigenvalue weighted by atomic mass is 79.9. The zero-order valence-electron chi connectivity index (χ0n) is 8.42. The number of allylic oxidation sites excluding steroid dienone is 2. The van der Waals surface area contributed by atoms with Crippen LogP contribution >= 0.6 is 15.9 Å². The molecule has 7 heteroatoms. The molecule has 2 unspecified atom stereocenters. The van der Waals surface area contributed by atoms with Gasteiger partial charge >= 0.3 is 6.18 Å². The summed E-state index contributed by atoms with van der Waals surface area (Å²) in [7, 11) is 0. The molecule has 2 aliphatic rings. The Bertz CT molecular complexity index is 429. The molecule has 2 atom stereocenters. The Hall–Kier alpha value is -0.660. The van der Waals surface area contributed by atoms with Crippen LogP contribution in [0.15, 0.2) is 22.7 Å². The molecule has 1 fully saturated rings. The number of carbonyl (C=O) groups is 1. The van der Waals surface area contributed by atoms with Crippen LogP contribution in [0.1, 0.15) is 12.8 Å². The van der Waals surface area contributed by atoms with Crippen molar-refractivity contribution in [2.24, 2.45) is 0 Å². The molecule has 1 spiro atoms. The predicted octanol–water partition coefficient (Wildman–Crippen LogP) is 2.20. The van der Waals surface area contributed by atoms with E-state index in [9.17, 15) is 23.1 Å². The third-order valence-corrected chi connectivity index (χ3v) is 3.40. The molecule has 0 saturated carbocycles. The Kier molecular flexibility index (Phi) is 2.76. The van der Waals surface area contributed by atoms with Crippen molar-refractivity contribution in [3.8, 4) is 0 Å². The predicted molar refractivity (Wildman–Crippen MR) is 55.2 cm³/mol. The van der Waals surface area contributed by atoms with Crippen molar-refractivity contribution >= 4 is 21.7 Å². The van der Waals surface area contributed by atoms with E-state index >= 15 is 0 Å². The van der Waals surface area contributed by atoms with Crippen molar-refractivity contribution in [1.82, 2.24) is 0 Å². The second kappa shape index (κ2) is 3.66. The molecular weight excluding hydrogens is 305 g/mol. The van der Waals surface area contributed by atoms with Crippen LogP contribution in [0.25, 0.3) is 0 Å². The smallest absolute Gasteiger partial charge is 0.358 e. The first kappa shape index (κ1) is 12.8. The Balaban J connectivity index is 2.29. The molecule has 0 amide bonds. The van der Waals surface area contributed by atoms with Crippen molar-refractivity contribution in [3.05, 3.63) is 22.7 Å². The van der Waals surface area contributed by atoms with Crippen LogP contribution in [0.5, 0.6) is 0 Å². The molecule has 3 nitrogen and oxygen atoms in total. The van der Waals surface area contributed by atoms with Gasteiger partial charge in [0.2, 0.25) is 0 Å². The fourth-order valence-corrected chi connectivity index (χ4v) is 2.35. The number of rotatable bonds is 0. The van der Waals surface area contributed by atoms with E-state index in [-0.39, 0.29) is 16.7 Å². The Morgan fingerprint density at radius 3 is 2.53 bits per heavy atom. The lowest BCUT2D eigenvalue weighted by atomic mass is 9.94. The number of alkyl halides is 3. The molecule has 0 aromatic rings. The number of halogens is 4. The summed E-state index contributed by atoms with van der Waals surface area (Å²) in [6, 6.07) is 0. The van der Waals surface area contributed by atoms with Crippen LogP contribution < -0.4 is 0 Å². The van der Waals surface area contributed by atoms with Crippen molar-refractivity contribution in [2.75, 3.05) is 0 Å². The van der Waals surface area contributed by atoms with E-state index in [1.165, 1.54) is 12.2 Å². The Labute approximate surface area is 103 Å². The first-order valence-corrected chi connectivity index (χ1v) is 5.58. The molecule has 1 saturated heterocycles. The molecule has 0 aromatic heterocycles. The average molecular weight is 313 g/mol. The van der Waals surface area contributed by atoms with Crippen molar-refractivity contribution in [3.63, 3.8) is 0 Å². The Morgan fingerprint density at radius 1 is 1.41 bits per heavy atom. The maximum atomic E-state index is 12.6. The standard InChI is InChI=1S/C10H8BrF3O3/c11-6-5-8(2-1-7(6)15)3-4-9(16,17-8)10(12,13)14/h1-2,5,16H,3-4H2. The lowest BCUT2D eigenvalue weighted by Crippen LogP contribution is -2.46. The summed E-state index contributed by atoms with van der Waals surface area (Å²) in [4.78, 5) is 11.2. The fraction of sp³-hybridized carbons (Fsp3) is 0.500. The SMILES string of the molecule is O=C1C=CC2(C=C1Br)CCC(O)(C(F)(F)F)O2. The Morgan fingerprint density at radius 2 is 2.06 bits per heavy atom. The monoisotopic (exact) mass is 312 g/mol. The summed E-state index contributed by atoms with van der Waals surface area (Å²) in [6.45, 7) is 0. The van der Waals surface area contributed by atoms with Gasteiger partial charge < -0.3 is 9.84 Å². The van der Waals surface area contributed by atoms with Gasteiger partial charge in [0, 0.05) is 6.42 Å². The van der Waals surface area contributed by atoms with Gasteiger partial charge in [-0.15, -0.1) is 0 Å². The number of hydrogen-bond acceptors (Lipinski definition) is 3. The van der Waals surface area contributed by atoms with Gasteiger partial charge in [0.05, 0.1) is 4.48 Å². The van der Waals surface area contributed by atoms with Crippen molar-refractivity contribution in [1.29, 1.82) is 0 Å². The molecular formula is C10H8BrF3O3. The zero-order chi connectivity index (χ0) is 12.9. The van der Waals surface area contributed by atoms with Gasteiger partial charge in [-0.2, -0.15) is 13.2 Å². The van der Waals surface area contributed by atoms with E-state index in [0.717, 1.165) is 6.08 Å². The molecule has 0 aromatic carbocycles. The molecule has 1 aliphatic carbocycles. The summed E-state index contributed by atoms with van der Waals surface area (Å²) in [5.74, 6) is -3.50. The van der Waals surface area contributed by atoms with Gasteiger partial charge in [-0.25, -0.2) is 0 Å². The van der Waals surface area contributed by atoms with Crippen LogP contribution in [0.3, 0.4) is 0 Å². The third kappa shape index (κ3) is 2.07. The molecule has 0 radical (unpaired) electrons. The summed E-state index contributed by atoms with van der Waals surface area (Å²) < 4.78 is 42.6. The number of ether oxygens (including phenoxy) is 1. The molecule has 0 bridgehead atoms. The van der Waals surface area contributed by atoms with Gasteiger partial charge in [-0.05, 0) is 40.6 Å². The van der Waals surface area contributed by atoms with Crippen LogP contribution in [-0.4, -0.2) is 28.5 Å². The summed E-state index contributed by atoms with van der Waals surface area (Å²) in [6.07, 6.45) is -1.84. The van der Waals surface area contributed by atoms with E-state index in [0.29, 0.717) is 0 Å². The third-order valence-electron chi connectivity index (χ3n) is 2.78. The first-order valence-electron chi connectivity index (χ1n) is 4.79. The van der Waals surface area contributed by atoms with E-state index in [1.807, 2.05) is 0 Å². The minimum Gasteiger partial charge on any atom is -0.358 e. The maximum absolute atomic E-state index is 12.6. The molecule has 2 rings (SSSR count). The largest absolute Gasteiger partial charge is 0.443 e. The van der Waals surface area contributed by atoms with E-state index in [4.69, 9.17) is 4.74 Å². The van der Waals surface area contributed by atoms with Crippen LogP contribution in [0.4, 0.5) is 13.2 Å². The fourth-order valence-electron chi connectivity index (χ4n) is 1.83. The van der Waals surface area contributed by atoms with Crippen LogP contribution in [0.2, 0.25) is 0 Å². The van der Waals surface area contributed by atoms with E-state index in [2.05, 4.69) is 15.9 Å².